The summed E-state index contributed by atoms with van der Waals surface area (Å²) in [7, 11) is 0. The molecule has 0 aromatic heterocycles. The molecule has 0 amide bonds. The molecule has 3 rings (SSSR count). The number of ether oxygens (including phenoxy) is 1. The Morgan fingerprint density at radius 2 is 1.95 bits per heavy atom. The lowest BCUT2D eigenvalue weighted by atomic mass is 9.90. The first-order valence-electron chi connectivity index (χ1n) is 7.35. The molecule has 0 saturated carbocycles. The lowest BCUT2D eigenvalue weighted by molar-refractivity contribution is 0.0971. The minimum absolute atomic E-state index is 0.270. The van der Waals surface area contributed by atoms with Gasteiger partial charge in [0.05, 0.1) is 0 Å². The number of fused-ring (bicyclic) bond motifs is 1. The van der Waals surface area contributed by atoms with Crippen LogP contribution in [-0.2, 0) is 6.42 Å². The van der Waals surface area contributed by atoms with E-state index in [1.54, 1.807) is 0 Å². The Labute approximate surface area is 114 Å². The first-order chi connectivity index (χ1) is 9.34. The van der Waals surface area contributed by atoms with E-state index in [0.717, 1.165) is 42.9 Å². The number of hydrogen-bond acceptors (Lipinski definition) is 3. The SMILES string of the molecule is O=C1CCCc2c(OCCN3CCCC3)cccc21. The van der Waals surface area contributed by atoms with Gasteiger partial charge in [-0.2, -0.15) is 0 Å². The van der Waals surface area contributed by atoms with Gasteiger partial charge in [0.25, 0.3) is 0 Å². The van der Waals surface area contributed by atoms with E-state index in [4.69, 9.17) is 4.74 Å². The number of carbonyl (C=O) groups excluding carboxylic acids is 1. The number of Topliss-reactive ketones (excluding diaryl/α,β-unsaturated/α-hetero) is 1. The smallest absolute Gasteiger partial charge is 0.163 e. The minimum atomic E-state index is 0.270. The molecule has 1 fully saturated rings. The third-order valence-corrected chi connectivity index (χ3v) is 4.13. The van der Waals surface area contributed by atoms with E-state index in [-0.39, 0.29) is 5.78 Å². The summed E-state index contributed by atoms with van der Waals surface area (Å²) in [5, 5.41) is 0. The van der Waals surface area contributed by atoms with Crippen molar-refractivity contribution < 1.29 is 9.53 Å². The molecule has 1 aliphatic carbocycles. The van der Waals surface area contributed by atoms with Crippen LogP contribution in [0.3, 0.4) is 0 Å². The maximum absolute atomic E-state index is 11.9. The summed E-state index contributed by atoms with van der Waals surface area (Å²) in [5.74, 6) is 1.19. The molecular formula is C16H21NO2. The van der Waals surface area contributed by atoms with Gasteiger partial charge in [-0.1, -0.05) is 12.1 Å². The Bertz CT molecular complexity index is 464. The maximum atomic E-state index is 11.9. The number of benzene rings is 1. The summed E-state index contributed by atoms with van der Waals surface area (Å²) < 4.78 is 5.92. The topological polar surface area (TPSA) is 29.5 Å². The molecule has 0 bridgehead atoms. The minimum Gasteiger partial charge on any atom is -0.492 e. The summed E-state index contributed by atoms with van der Waals surface area (Å²) in [4.78, 5) is 14.3. The highest BCUT2D eigenvalue weighted by Crippen LogP contribution is 2.29. The van der Waals surface area contributed by atoms with Crippen molar-refractivity contribution in [2.45, 2.75) is 32.1 Å². The summed E-state index contributed by atoms with van der Waals surface area (Å²) in [6.45, 7) is 4.13. The van der Waals surface area contributed by atoms with Crippen molar-refractivity contribution >= 4 is 5.78 Å². The number of carbonyl (C=O) groups is 1. The van der Waals surface area contributed by atoms with Gasteiger partial charge in [-0.05, 0) is 44.8 Å². The Morgan fingerprint density at radius 1 is 1.11 bits per heavy atom. The fraction of sp³-hybridized carbons (Fsp3) is 0.562. The first kappa shape index (κ1) is 12.7. The van der Waals surface area contributed by atoms with Crippen molar-refractivity contribution in [3.8, 4) is 5.75 Å². The zero-order valence-corrected chi connectivity index (χ0v) is 11.4. The highest BCUT2D eigenvalue weighted by Gasteiger charge is 2.20. The predicted octanol–water partition coefficient (Wildman–Crippen LogP) is 2.68. The van der Waals surface area contributed by atoms with Gasteiger partial charge < -0.3 is 4.74 Å². The third-order valence-electron chi connectivity index (χ3n) is 4.13. The molecule has 0 spiro atoms. The second kappa shape index (κ2) is 5.74. The van der Waals surface area contributed by atoms with Gasteiger partial charge in [0.1, 0.15) is 12.4 Å². The number of hydrogen-bond donors (Lipinski definition) is 0. The van der Waals surface area contributed by atoms with Crippen LogP contribution in [-0.4, -0.2) is 36.9 Å². The van der Waals surface area contributed by atoms with E-state index in [2.05, 4.69) is 4.90 Å². The summed E-state index contributed by atoms with van der Waals surface area (Å²) in [5.41, 5.74) is 2.00. The largest absolute Gasteiger partial charge is 0.492 e. The van der Waals surface area contributed by atoms with Gasteiger partial charge in [-0.3, -0.25) is 9.69 Å². The zero-order chi connectivity index (χ0) is 13.1. The van der Waals surface area contributed by atoms with Crippen molar-refractivity contribution in [1.82, 2.24) is 4.90 Å². The van der Waals surface area contributed by atoms with Crippen LogP contribution in [0.4, 0.5) is 0 Å². The average molecular weight is 259 g/mol. The summed E-state index contributed by atoms with van der Waals surface area (Å²) in [6, 6.07) is 5.87. The van der Waals surface area contributed by atoms with Gasteiger partial charge in [0, 0.05) is 24.1 Å². The van der Waals surface area contributed by atoms with E-state index in [0.29, 0.717) is 6.42 Å². The van der Waals surface area contributed by atoms with Crippen molar-refractivity contribution in [1.29, 1.82) is 0 Å². The molecule has 3 heteroatoms. The van der Waals surface area contributed by atoms with E-state index in [9.17, 15) is 4.79 Å². The first-order valence-corrected chi connectivity index (χ1v) is 7.35. The Kier molecular flexibility index (Phi) is 3.83. The number of rotatable bonds is 4. The predicted molar refractivity (Wildman–Crippen MR) is 74.9 cm³/mol. The van der Waals surface area contributed by atoms with Crippen LogP contribution in [0.5, 0.6) is 5.75 Å². The van der Waals surface area contributed by atoms with Crippen LogP contribution >= 0.6 is 0 Å². The molecule has 1 aliphatic heterocycles. The molecule has 19 heavy (non-hydrogen) atoms. The lowest BCUT2D eigenvalue weighted by Crippen LogP contribution is -2.25. The van der Waals surface area contributed by atoms with Crippen LogP contribution in [0, 0.1) is 0 Å². The number of ketones is 1. The lowest BCUT2D eigenvalue weighted by Gasteiger charge is -2.20. The van der Waals surface area contributed by atoms with Crippen LogP contribution in [0.15, 0.2) is 18.2 Å². The quantitative estimate of drug-likeness (QED) is 0.832. The molecule has 0 unspecified atom stereocenters. The highest BCUT2D eigenvalue weighted by molar-refractivity contribution is 5.99. The van der Waals surface area contributed by atoms with Gasteiger partial charge in [-0.25, -0.2) is 0 Å². The fourth-order valence-electron chi connectivity index (χ4n) is 3.07. The van der Waals surface area contributed by atoms with Crippen molar-refractivity contribution in [3.63, 3.8) is 0 Å². The molecule has 1 aromatic rings. The highest BCUT2D eigenvalue weighted by atomic mass is 16.5. The Morgan fingerprint density at radius 3 is 2.79 bits per heavy atom. The molecule has 0 atom stereocenters. The zero-order valence-electron chi connectivity index (χ0n) is 11.4. The summed E-state index contributed by atoms with van der Waals surface area (Å²) >= 11 is 0. The van der Waals surface area contributed by atoms with E-state index >= 15 is 0 Å². The molecule has 1 saturated heterocycles. The maximum Gasteiger partial charge on any atom is 0.163 e. The van der Waals surface area contributed by atoms with E-state index in [1.807, 2.05) is 18.2 Å². The van der Waals surface area contributed by atoms with Crippen LogP contribution in [0.2, 0.25) is 0 Å². The molecular weight excluding hydrogens is 238 g/mol. The number of likely N-dealkylation sites (tertiary alicyclic amines) is 1. The molecule has 0 N–H and O–H groups in total. The fourth-order valence-corrected chi connectivity index (χ4v) is 3.07. The van der Waals surface area contributed by atoms with E-state index < -0.39 is 0 Å². The normalized spacial score (nSPS) is 19.5. The van der Waals surface area contributed by atoms with Gasteiger partial charge >= 0.3 is 0 Å². The number of nitrogens with zero attached hydrogens (tertiary/aromatic N) is 1. The van der Waals surface area contributed by atoms with Crippen LogP contribution in [0.25, 0.3) is 0 Å². The van der Waals surface area contributed by atoms with Gasteiger partial charge in [0.15, 0.2) is 5.78 Å². The van der Waals surface area contributed by atoms with Gasteiger partial charge in [-0.15, -0.1) is 0 Å². The van der Waals surface area contributed by atoms with Crippen molar-refractivity contribution in [2.24, 2.45) is 0 Å². The average Bonchev–Trinajstić information content (AvgIpc) is 2.93. The molecule has 3 nitrogen and oxygen atoms in total. The summed E-state index contributed by atoms with van der Waals surface area (Å²) in [6.07, 6.45) is 5.24. The third kappa shape index (κ3) is 2.81. The molecule has 102 valence electrons. The van der Waals surface area contributed by atoms with Crippen molar-refractivity contribution in [2.75, 3.05) is 26.2 Å². The second-order valence-electron chi connectivity index (χ2n) is 5.46. The molecule has 1 aromatic carbocycles. The Balaban J connectivity index is 1.64. The standard InChI is InChI=1S/C16H21NO2/c18-15-7-3-6-14-13(15)5-4-8-16(14)19-12-11-17-9-1-2-10-17/h4-5,8H,1-3,6-7,9-12H2. The Hall–Kier alpha value is -1.35. The van der Waals surface area contributed by atoms with Crippen LogP contribution < -0.4 is 4.74 Å². The van der Waals surface area contributed by atoms with Crippen molar-refractivity contribution in [3.05, 3.63) is 29.3 Å². The van der Waals surface area contributed by atoms with Gasteiger partial charge in [0.2, 0.25) is 0 Å². The van der Waals surface area contributed by atoms with E-state index in [1.165, 1.54) is 25.9 Å². The van der Waals surface area contributed by atoms with Crippen LogP contribution in [0.1, 0.15) is 41.6 Å². The molecule has 2 aliphatic rings. The second-order valence-corrected chi connectivity index (χ2v) is 5.46. The molecule has 1 heterocycles. The monoisotopic (exact) mass is 259 g/mol. The molecule has 0 radical (unpaired) electrons.